The summed E-state index contributed by atoms with van der Waals surface area (Å²) in [7, 11) is 4.79. The molecule has 4 aromatic rings. The average Bonchev–Trinajstić information content (AvgIpc) is 3.39. The summed E-state index contributed by atoms with van der Waals surface area (Å²) in [5.74, 6) is 0.413. The predicted molar refractivity (Wildman–Crippen MR) is 154 cm³/mol. The number of aliphatic hydroxyl groups is 1. The van der Waals surface area contributed by atoms with Crippen molar-refractivity contribution in [2.45, 2.75) is 39.0 Å². The molecule has 0 radical (unpaired) electrons. The van der Waals surface area contributed by atoms with Crippen LogP contribution >= 0.6 is 0 Å². The molecule has 1 N–H and O–H groups in total. The highest BCUT2D eigenvalue weighted by Gasteiger charge is 2.39. The standard InChI is InChI=1S/C30H35F3N6O4/c1-18(2)38(15-14-37(4)24(17-40)22-8-7-13-34-28(22)43-6)29(41)23-16-35-39-26(30(31,32)33)19(3)25(36-27(23)39)20-9-11-21(42-5)12-10-20/h7-13,16,18,24,40H,14-15,17H2,1-6H3. The molecule has 0 aliphatic heterocycles. The summed E-state index contributed by atoms with van der Waals surface area (Å²) in [6.07, 6.45) is -2.04. The lowest BCUT2D eigenvalue weighted by Gasteiger charge is -2.32. The molecule has 1 aromatic carbocycles. The Morgan fingerprint density at radius 1 is 1.09 bits per heavy atom. The van der Waals surface area contributed by atoms with Crippen molar-refractivity contribution in [3.8, 4) is 22.9 Å². The van der Waals surface area contributed by atoms with E-state index in [0.717, 1.165) is 6.20 Å². The van der Waals surface area contributed by atoms with Gasteiger partial charge in [-0.1, -0.05) is 6.07 Å². The number of carbonyl (C=O) groups excluding carboxylic acids is 1. The Hall–Kier alpha value is -4.23. The van der Waals surface area contributed by atoms with Crippen LogP contribution in [0.4, 0.5) is 13.2 Å². The number of pyridine rings is 1. The number of ether oxygens (including phenoxy) is 2. The minimum atomic E-state index is -4.76. The first-order chi connectivity index (χ1) is 20.4. The zero-order valence-electron chi connectivity index (χ0n) is 24.9. The lowest BCUT2D eigenvalue weighted by atomic mass is 10.0. The molecule has 3 aromatic heterocycles. The summed E-state index contributed by atoms with van der Waals surface area (Å²) in [6, 6.07) is 9.29. The van der Waals surface area contributed by atoms with Crippen LogP contribution in [0.15, 0.2) is 48.8 Å². The van der Waals surface area contributed by atoms with Crippen molar-refractivity contribution in [3.63, 3.8) is 0 Å². The molecule has 0 aliphatic carbocycles. The molecule has 10 nitrogen and oxygen atoms in total. The van der Waals surface area contributed by atoms with Crippen molar-refractivity contribution in [1.82, 2.24) is 29.4 Å². The predicted octanol–water partition coefficient (Wildman–Crippen LogP) is 4.65. The normalized spacial score (nSPS) is 12.7. The minimum absolute atomic E-state index is 0.0516. The van der Waals surface area contributed by atoms with Crippen LogP contribution in [0, 0.1) is 6.92 Å². The van der Waals surface area contributed by atoms with Gasteiger partial charge in [-0.25, -0.2) is 14.5 Å². The van der Waals surface area contributed by atoms with E-state index in [2.05, 4.69) is 15.1 Å². The number of aliphatic hydroxyl groups excluding tert-OH is 1. The van der Waals surface area contributed by atoms with Crippen LogP contribution in [-0.2, 0) is 6.18 Å². The second-order valence-corrected chi connectivity index (χ2v) is 10.3. The first-order valence-electron chi connectivity index (χ1n) is 13.6. The van der Waals surface area contributed by atoms with Gasteiger partial charge in [-0.15, -0.1) is 0 Å². The number of fused-ring (bicyclic) bond motifs is 1. The molecule has 230 valence electrons. The summed E-state index contributed by atoms with van der Waals surface area (Å²) in [4.78, 5) is 26.1. The summed E-state index contributed by atoms with van der Waals surface area (Å²) >= 11 is 0. The Balaban J connectivity index is 1.70. The zero-order chi connectivity index (χ0) is 31.5. The molecule has 4 rings (SSSR count). The van der Waals surface area contributed by atoms with E-state index in [1.165, 1.54) is 21.1 Å². The Morgan fingerprint density at radius 2 is 1.79 bits per heavy atom. The number of nitrogens with zero attached hydrogens (tertiary/aromatic N) is 6. The van der Waals surface area contributed by atoms with Gasteiger partial charge in [0.1, 0.15) is 11.3 Å². The second-order valence-electron chi connectivity index (χ2n) is 10.3. The SMILES string of the molecule is COc1ccc(-c2nc3c(C(=O)N(CCN(C)C(CO)c4cccnc4OC)C(C)C)cnn3c(C(F)(F)F)c2C)cc1. The first-order valence-corrected chi connectivity index (χ1v) is 13.6. The Kier molecular flexibility index (Phi) is 9.55. The van der Waals surface area contributed by atoms with E-state index in [0.29, 0.717) is 33.8 Å². The third kappa shape index (κ3) is 6.42. The van der Waals surface area contributed by atoms with Crippen molar-refractivity contribution in [2.75, 3.05) is 41.0 Å². The number of aromatic nitrogens is 4. The van der Waals surface area contributed by atoms with Crippen LogP contribution in [0.3, 0.4) is 0 Å². The molecule has 3 heterocycles. The van der Waals surface area contributed by atoms with Crippen molar-refractivity contribution in [3.05, 3.63) is 71.2 Å². The molecule has 0 saturated heterocycles. The van der Waals surface area contributed by atoms with E-state index in [1.807, 2.05) is 18.7 Å². The highest BCUT2D eigenvalue weighted by atomic mass is 19.4. The molecule has 43 heavy (non-hydrogen) atoms. The van der Waals surface area contributed by atoms with E-state index in [1.54, 1.807) is 54.5 Å². The molecule has 0 aliphatic rings. The van der Waals surface area contributed by atoms with Gasteiger partial charge in [0.2, 0.25) is 5.88 Å². The van der Waals surface area contributed by atoms with Gasteiger partial charge in [-0.2, -0.15) is 18.3 Å². The van der Waals surface area contributed by atoms with Gasteiger partial charge in [0, 0.05) is 42.0 Å². The Labute approximate surface area is 247 Å². The molecule has 1 unspecified atom stereocenters. The van der Waals surface area contributed by atoms with Gasteiger partial charge in [0.25, 0.3) is 5.91 Å². The molecular weight excluding hydrogens is 565 g/mol. The third-order valence-electron chi connectivity index (χ3n) is 7.38. The zero-order valence-corrected chi connectivity index (χ0v) is 24.9. The van der Waals surface area contributed by atoms with Gasteiger partial charge >= 0.3 is 6.18 Å². The number of methoxy groups -OCH3 is 2. The Morgan fingerprint density at radius 3 is 2.37 bits per heavy atom. The number of carbonyl (C=O) groups is 1. The molecule has 0 spiro atoms. The molecule has 0 saturated carbocycles. The number of hydrogen-bond donors (Lipinski definition) is 1. The Bertz CT molecular complexity index is 1570. The third-order valence-corrected chi connectivity index (χ3v) is 7.38. The molecule has 0 bridgehead atoms. The lowest BCUT2D eigenvalue weighted by molar-refractivity contribution is -0.143. The van der Waals surface area contributed by atoms with Gasteiger partial charge in [-0.3, -0.25) is 9.69 Å². The van der Waals surface area contributed by atoms with Crippen molar-refractivity contribution >= 4 is 11.6 Å². The van der Waals surface area contributed by atoms with Crippen LogP contribution in [0.1, 0.15) is 47.1 Å². The van der Waals surface area contributed by atoms with Gasteiger partial charge in [0.05, 0.1) is 38.8 Å². The van der Waals surface area contributed by atoms with Crippen LogP contribution in [0.5, 0.6) is 11.6 Å². The number of halogens is 3. The monoisotopic (exact) mass is 600 g/mol. The lowest BCUT2D eigenvalue weighted by Crippen LogP contribution is -2.43. The molecular formula is C30H35F3N6O4. The fraction of sp³-hybridized carbons (Fsp3) is 0.400. The van der Waals surface area contributed by atoms with E-state index >= 15 is 0 Å². The van der Waals surface area contributed by atoms with Crippen LogP contribution < -0.4 is 9.47 Å². The molecule has 1 atom stereocenters. The molecule has 1 amide bonds. The van der Waals surface area contributed by atoms with Crippen LogP contribution in [0.25, 0.3) is 16.9 Å². The topological polar surface area (TPSA) is 105 Å². The first kappa shape index (κ1) is 31.7. The van der Waals surface area contributed by atoms with Crippen molar-refractivity contribution in [1.29, 1.82) is 0 Å². The number of benzene rings is 1. The quantitative estimate of drug-likeness (QED) is 0.265. The fourth-order valence-electron chi connectivity index (χ4n) is 5.06. The summed E-state index contributed by atoms with van der Waals surface area (Å²) in [5, 5.41) is 14.1. The maximum absolute atomic E-state index is 14.4. The van der Waals surface area contributed by atoms with Gasteiger partial charge in [-0.05, 0) is 58.2 Å². The number of amides is 1. The number of alkyl halides is 3. The number of rotatable bonds is 11. The average molecular weight is 601 g/mol. The fourth-order valence-corrected chi connectivity index (χ4v) is 5.06. The molecule has 0 fully saturated rings. The maximum Gasteiger partial charge on any atom is 0.433 e. The minimum Gasteiger partial charge on any atom is -0.497 e. The van der Waals surface area contributed by atoms with Crippen LogP contribution in [-0.4, -0.2) is 87.4 Å². The van der Waals surface area contributed by atoms with E-state index < -0.39 is 23.8 Å². The van der Waals surface area contributed by atoms with E-state index in [-0.39, 0.29) is 41.7 Å². The maximum atomic E-state index is 14.4. The highest BCUT2D eigenvalue weighted by Crippen LogP contribution is 2.37. The molecule has 13 heteroatoms. The largest absolute Gasteiger partial charge is 0.497 e. The van der Waals surface area contributed by atoms with Crippen LogP contribution in [0.2, 0.25) is 0 Å². The smallest absolute Gasteiger partial charge is 0.433 e. The van der Waals surface area contributed by atoms with E-state index in [4.69, 9.17) is 9.47 Å². The highest BCUT2D eigenvalue weighted by molar-refractivity contribution is 6.00. The summed E-state index contributed by atoms with van der Waals surface area (Å²) in [6.45, 7) is 5.30. The van der Waals surface area contributed by atoms with E-state index in [9.17, 15) is 23.1 Å². The number of hydrogen-bond acceptors (Lipinski definition) is 8. The summed E-state index contributed by atoms with van der Waals surface area (Å²) in [5.41, 5.74) is -0.154. The number of likely N-dealkylation sites (N-methyl/N-ethyl adjacent to an activating group) is 1. The van der Waals surface area contributed by atoms with Crippen molar-refractivity contribution < 1.29 is 32.5 Å². The summed E-state index contributed by atoms with van der Waals surface area (Å²) < 4.78 is 54.3. The van der Waals surface area contributed by atoms with Gasteiger partial charge < -0.3 is 19.5 Å². The second kappa shape index (κ2) is 13.0. The van der Waals surface area contributed by atoms with Crippen molar-refractivity contribution in [2.24, 2.45) is 0 Å². The van der Waals surface area contributed by atoms with Gasteiger partial charge in [0.15, 0.2) is 11.3 Å².